The SMILES string of the molecule is C\C(C=C=C1C(C)(C)CC(O)CC1(C)O)=C/C=C/C(C)=C/C=C/C=C(C)/C=C/C=C(C)/C=C/C1C(C)CC(O)CC1(C)C. The molecule has 43 heavy (non-hydrogen) atoms. The maximum Gasteiger partial charge on any atom is 0.0931 e. The van der Waals surface area contributed by atoms with E-state index in [2.05, 4.69) is 116 Å². The second-order valence-corrected chi connectivity index (χ2v) is 14.6. The smallest absolute Gasteiger partial charge is 0.0931 e. The van der Waals surface area contributed by atoms with Crippen LogP contribution in [0.3, 0.4) is 0 Å². The van der Waals surface area contributed by atoms with E-state index in [1.807, 2.05) is 31.2 Å². The fraction of sp³-hybridized carbons (Fsp3) is 0.525. The van der Waals surface area contributed by atoms with Gasteiger partial charge in [-0.1, -0.05) is 124 Å². The minimum Gasteiger partial charge on any atom is -0.393 e. The molecule has 0 aromatic carbocycles. The van der Waals surface area contributed by atoms with Crippen LogP contribution in [-0.2, 0) is 0 Å². The predicted octanol–water partition coefficient (Wildman–Crippen LogP) is 9.44. The van der Waals surface area contributed by atoms with E-state index in [9.17, 15) is 15.3 Å². The van der Waals surface area contributed by atoms with Crippen molar-refractivity contribution in [1.82, 2.24) is 0 Å². The van der Waals surface area contributed by atoms with Crippen molar-refractivity contribution in [3.8, 4) is 0 Å². The maximum absolute atomic E-state index is 10.8. The van der Waals surface area contributed by atoms with Gasteiger partial charge in [-0.2, -0.15) is 0 Å². The van der Waals surface area contributed by atoms with Crippen molar-refractivity contribution in [3.05, 3.63) is 113 Å². The van der Waals surface area contributed by atoms with Gasteiger partial charge in [-0.05, 0) is 88.2 Å². The Hall–Kier alpha value is -2.68. The second-order valence-electron chi connectivity index (χ2n) is 14.6. The van der Waals surface area contributed by atoms with Crippen molar-refractivity contribution < 1.29 is 15.3 Å². The lowest BCUT2D eigenvalue weighted by Gasteiger charge is -2.43. The molecule has 0 aliphatic heterocycles. The minimum atomic E-state index is -1.05. The van der Waals surface area contributed by atoms with Gasteiger partial charge < -0.3 is 15.3 Å². The van der Waals surface area contributed by atoms with E-state index >= 15 is 0 Å². The maximum atomic E-state index is 10.8. The van der Waals surface area contributed by atoms with Crippen LogP contribution in [0.2, 0.25) is 0 Å². The Morgan fingerprint density at radius 2 is 1.21 bits per heavy atom. The molecule has 0 heterocycles. The third-order valence-corrected chi connectivity index (χ3v) is 8.79. The monoisotopic (exact) mass is 586 g/mol. The third kappa shape index (κ3) is 12.1. The molecule has 2 aliphatic rings. The molecule has 2 rings (SSSR count). The van der Waals surface area contributed by atoms with Gasteiger partial charge in [0.1, 0.15) is 0 Å². The first-order chi connectivity index (χ1) is 19.9. The Morgan fingerprint density at radius 3 is 1.74 bits per heavy atom. The molecule has 3 N–H and O–H groups in total. The Morgan fingerprint density at radius 1 is 0.698 bits per heavy atom. The van der Waals surface area contributed by atoms with E-state index in [1.54, 1.807) is 6.92 Å². The highest BCUT2D eigenvalue weighted by atomic mass is 16.3. The Bertz CT molecular complexity index is 1240. The highest BCUT2D eigenvalue weighted by Gasteiger charge is 2.44. The highest BCUT2D eigenvalue weighted by molar-refractivity contribution is 5.33. The summed E-state index contributed by atoms with van der Waals surface area (Å²) in [5, 5.41) is 31.1. The second kappa shape index (κ2) is 15.9. The van der Waals surface area contributed by atoms with E-state index in [-0.39, 0.29) is 16.9 Å². The summed E-state index contributed by atoms with van der Waals surface area (Å²) < 4.78 is 0. The lowest BCUT2D eigenvalue weighted by molar-refractivity contribution is -0.0268. The molecule has 236 valence electrons. The van der Waals surface area contributed by atoms with Crippen molar-refractivity contribution in [2.45, 2.75) is 113 Å². The highest BCUT2D eigenvalue weighted by Crippen LogP contribution is 2.46. The molecule has 0 aromatic heterocycles. The summed E-state index contributed by atoms with van der Waals surface area (Å²) in [4.78, 5) is 0. The summed E-state index contributed by atoms with van der Waals surface area (Å²) in [6, 6.07) is 0. The van der Waals surface area contributed by atoms with Crippen LogP contribution in [0.5, 0.6) is 0 Å². The van der Waals surface area contributed by atoms with E-state index < -0.39 is 11.7 Å². The standard InChI is InChI=1S/C40H58O3/c1-29(17-13-19-31(3)21-23-36-33(5)25-34(41)26-38(36,6)7)15-11-12-16-30(2)18-14-20-32(4)22-24-37-39(8,9)27-35(42)28-40(37,10)43/h11-23,33-36,41-43H,25-28H2,1-10H3/b12-11+,17-13+,18-14+,23-21+,29-15+,30-16+,31-19+,32-20+. The van der Waals surface area contributed by atoms with Gasteiger partial charge in [0.15, 0.2) is 0 Å². The Labute approximate surface area is 262 Å². The fourth-order valence-corrected chi connectivity index (χ4v) is 6.80. The Kier molecular flexibility index (Phi) is 13.5. The van der Waals surface area contributed by atoms with Crippen molar-refractivity contribution in [3.63, 3.8) is 0 Å². The molecule has 0 amide bonds. The van der Waals surface area contributed by atoms with E-state index in [4.69, 9.17) is 0 Å². The molecular weight excluding hydrogens is 528 g/mol. The zero-order valence-electron chi connectivity index (χ0n) is 28.5. The van der Waals surface area contributed by atoms with Crippen molar-refractivity contribution in [2.75, 3.05) is 0 Å². The summed E-state index contributed by atoms with van der Waals surface area (Å²) in [6.07, 6.45) is 29.3. The van der Waals surface area contributed by atoms with Crippen molar-refractivity contribution >= 4 is 0 Å². The molecule has 0 aromatic rings. The predicted molar refractivity (Wildman–Crippen MR) is 185 cm³/mol. The molecule has 0 spiro atoms. The quantitative estimate of drug-likeness (QED) is 0.186. The minimum absolute atomic E-state index is 0.116. The van der Waals surface area contributed by atoms with Gasteiger partial charge in [-0.25, -0.2) is 0 Å². The summed E-state index contributed by atoms with van der Waals surface area (Å²) in [7, 11) is 0. The molecule has 2 saturated carbocycles. The molecule has 2 fully saturated rings. The van der Waals surface area contributed by atoms with E-state index in [1.165, 1.54) is 11.1 Å². The van der Waals surface area contributed by atoms with Crippen LogP contribution in [0.15, 0.2) is 113 Å². The normalized spacial score (nSPS) is 31.0. The molecule has 0 bridgehead atoms. The van der Waals surface area contributed by atoms with Gasteiger partial charge in [0, 0.05) is 12.0 Å². The van der Waals surface area contributed by atoms with Crippen LogP contribution >= 0.6 is 0 Å². The first-order valence-electron chi connectivity index (χ1n) is 15.9. The lowest BCUT2D eigenvalue weighted by Crippen LogP contribution is -2.45. The fourth-order valence-electron chi connectivity index (χ4n) is 6.80. The van der Waals surface area contributed by atoms with E-state index in [0.717, 1.165) is 29.6 Å². The van der Waals surface area contributed by atoms with Gasteiger partial charge in [0.05, 0.1) is 17.8 Å². The largest absolute Gasteiger partial charge is 0.393 e. The first kappa shape index (κ1) is 36.5. The molecule has 0 saturated heterocycles. The summed E-state index contributed by atoms with van der Waals surface area (Å²) >= 11 is 0. The van der Waals surface area contributed by atoms with Crippen LogP contribution in [0, 0.1) is 22.7 Å². The van der Waals surface area contributed by atoms with Crippen molar-refractivity contribution in [2.24, 2.45) is 22.7 Å². The molecule has 5 unspecified atom stereocenters. The van der Waals surface area contributed by atoms with Crippen LogP contribution < -0.4 is 0 Å². The molecule has 2 aliphatic carbocycles. The van der Waals surface area contributed by atoms with Crippen molar-refractivity contribution in [1.29, 1.82) is 0 Å². The summed E-state index contributed by atoms with van der Waals surface area (Å²) in [5.74, 6) is 0.963. The first-order valence-corrected chi connectivity index (χ1v) is 15.9. The lowest BCUT2D eigenvalue weighted by atomic mass is 9.63. The van der Waals surface area contributed by atoms with E-state index in [0.29, 0.717) is 24.7 Å². The van der Waals surface area contributed by atoms with Gasteiger partial charge >= 0.3 is 0 Å². The average Bonchev–Trinajstić information content (AvgIpc) is 2.83. The molecule has 0 radical (unpaired) electrons. The van der Waals surface area contributed by atoms with Gasteiger partial charge in [-0.15, -0.1) is 5.73 Å². The van der Waals surface area contributed by atoms with Crippen LogP contribution in [0.25, 0.3) is 0 Å². The van der Waals surface area contributed by atoms with Crippen LogP contribution in [0.1, 0.15) is 94.9 Å². The molecule has 3 nitrogen and oxygen atoms in total. The van der Waals surface area contributed by atoms with Gasteiger partial charge in [-0.3, -0.25) is 0 Å². The topological polar surface area (TPSA) is 60.7 Å². The number of aliphatic hydroxyl groups excluding tert-OH is 2. The Balaban J connectivity index is 1.93. The number of allylic oxidation sites excluding steroid dienone is 16. The zero-order valence-corrected chi connectivity index (χ0v) is 28.5. The summed E-state index contributed by atoms with van der Waals surface area (Å²) in [5.41, 5.74) is 7.54. The number of hydrogen-bond donors (Lipinski definition) is 3. The number of rotatable bonds is 9. The zero-order chi connectivity index (χ0) is 32.4. The van der Waals surface area contributed by atoms with Crippen LogP contribution in [-0.4, -0.2) is 33.1 Å². The molecule has 3 heteroatoms. The number of hydrogen-bond acceptors (Lipinski definition) is 3. The van der Waals surface area contributed by atoms with Gasteiger partial charge in [0.25, 0.3) is 0 Å². The average molecular weight is 587 g/mol. The van der Waals surface area contributed by atoms with Crippen LogP contribution in [0.4, 0.5) is 0 Å². The molecular formula is C40H58O3. The summed E-state index contributed by atoms with van der Waals surface area (Å²) in [6.45, 7) is 21.0. The number of aliphatic hydroxyl groups is 3. The molecule has 5 atom stereocenters. The van der Waals surface area contributed by atoms with Gasteiger partial charge in [0.2, 0.25) is 0 Å². The third-order valence-electron chi connectivity index (χ3n) is 8.79.